The topological polar surface area (TPSA) is 94.3 Å². The van der Waals surface area contributed by atoms with Crippen LogP contribution < -0.4 is 10.7 Å². The summed E-state index contributed by atoms with van der Waals surface area (Å²) < 4.78 is 0. The van der Waals surface area contributed by atoms with Crippen molar-refractivity contribution in [2.75, 3.05) is 0 Å². The maximum absolute atomic E-state index is 12.8. The maximum Gasteiger partial charge on any atom is 0.344 e. The Morgan fingerprint density at radius 3 is 2.58 bits per heavy atom. The third kappa shape index (κ3) is 4.45. The number of fused-ring (bicyclic) bond motifs is 1. The summed E-state index contributed by atoms with van der Waals surface area (Å²) in [5.74, 6) is -0.783. The number of nitrogens with one attached hydrogen (secondary N) is 3. The summed E-state index contributed by atoms with van der Waals surface area (Å²) in [5.41, 5.74) is 4.74. The Morgan fingerprint density at radius 1 is 1.03 bits per heavy atom. The molecule has 7 nitrogen and oxygen atoms in total. The van der Waals surface area contributed by atoms with Crippen molar-refractivity contribution in [3.05, 3.63) is 71.9 Å². The molecule has 1 saturated heterocycles. The average molecular weight is 418 g/mol. The average Bonchev–Trinajstić information content (AvgIpc) is 3.28. The summed E-state index contributed by atoms with van der Waals surface area (Å²) in [4.78, 5) is 40.8. The van der Waals surface area contributed by atoms with Gasteiger partial charge in [0.1, 0.15) is 5.54 Å². The molecule has 1 aromatic heterocycles. The minimum absolute atomic E-state index is 0.220. The van der Waals surface area contributed by atoms with E-state index in [0.717, 1.165) is 33.5 Å². The first kappa shape index (κ1) is 20.7. The van der Waals surface area contributed by atoms with Crippen LogP contribution in [0.4, 0.5) is 4.79 Å². The first-order chi connectivity index (χ1) is 15.0. The molecule has 1 aliphatic rings. The number of hydrogen-bond acceptors (Lipinski definition) is 3. The number of aromatic nitrogens is 1. The number of nitrogens with zero attached hydrogens (tertiary/aromatic N) is 1. The van der Waals surface area contributed by atoms with Gasteiger partial charge in [-0.15, -0.1) is 0 Å². The number of carbonyl (C=O) groups is 3. The zero-order chi connectivity index (χ0) is 21.8. The molecule has 1 aliphatic heterocycles. The van der Waals surface area contributed by atoms with E-state index in [1.165, 1.54) is 0 Å². The Hall–Kier alpha value is -3.61. The Balaban J connectivity index is 1.29. The number of benzene rings is 2. The fourth-order valence-electron chi connectivity index (χ4n) is 3.95. The summed E-state index contributed by atoms with van der Waals surface area (Å²) in [7, 11) is 0. The molecular formula is C24H26N4O3. The number of imide groups is 1. The lowest BCUT2D eigenvalue weighted by molar-refractivity contribution is -0.138. The zero-order valence-corrected chi connectivity index (χ0v) is 17.5. The lowest BCUT2D eigenvalue weighted by Crippen LogP contribution is -2.48. The predicted molar refractivity (Wildman–Crippen MR) is 118 cm³/mol. The van der Waals surface area contributed by atoms with E-state index in [9.17, 15) is 14.4 Å². The molecule has 7 heteroatoms. The number of hydrogen-bond donors (Lipinski definition) is 3. The number of aryl methyl sites for hydroxylation is 2. The van der Waals surface area contributed by atoms with Gasteiger partial charge in [0.15, 0.2) is 0 Å². The molecule has 0 radical (unpaired) electrons. The molecule has 160 valence electrons. The third-order valence-electron chi connectivity index (χ3n) is 5.78. The van der Waals surface area contributed by atoms with E-state index in [4.69, 9.17) is 0 Å². The van der Waals surface area contributed by atoms with Crippen LogP contribution in [0.2, 0.25) is 0 Å². The predicted octanol–water partition coefficient (Wildman–Crippen LogP) is 3.47. The molecule has 31 heavy (non-hydrogen) atoms. The van der Waals surface area contributed by atoms with Crippen LogP contribution in [0, 0.1) is 0 Å². The minimum Gasteiger partial charge on any atom is -0.361 e. The molecule has 3 aromatic rings. The van der Waals surface area contributed by atoms with Crippen molar-refractivity contribution in [2.24, 2.45) is 0 Å². The van der Waals surface area contributed by atoms with Gasteiger partial charge < -0.3 is 10.3 Å². The minimum atomic E-state index is -1.04. The number of amides is 4. The molecular weight excluding hydrogens is 392 g/mol. The molecule has 3 N–H and O–H groups in total. The number of carbonyl (C=O) groups excluding carboxylic acids is 3. The van der Waals surface area contributed by atoms with Gasteiger partial charge in [-0.3, -0.25) is 15.0 Å². The lowest BCUT2D eigenvalue weighted by atomic mass is 9.93. The van der Waals surface area contributed by atoms with Crippen molar-refractivity contribution in [1.29, 1.82) is 0 Å². The van der Waals surface area contributed by atoms with E-state index in [1.54, 1.807) is 6.92 Å². The zero-order valence-electron chi connectivity index (χ0n) is 17.5. The fourth-order valence-corrected chi connectivity index (χ4v) is 3.95. The lowest BCUT2D eigenvalue weighted by Gasteiger charge is -2.21. The van der Waals surface area contributed by atoms with Gasteiger partial charge in [-0.2, -0.15) is 5.01 Å². The molecule has 0 bridgehead atoms. The van der Waals surface area contributed by atoms with E-state index >= 15 is 0 Å². The number of aromatic amines is 1. The van der Waals surface area contributed by atoms with Crippen molar-refractivity contribution < 1.29 is 14.4 Å². The number of urea groups is 1. The van der Waals surface area contributed by atoms with Crippen molar-refractivity contribution in [1.82, 2.24) is 20.7 Å². The van der Waals surface area contributed by atoms with E-state index < -0.39 is 17.5 Å². The summed E-state index contributed by atoms with van der Waals surface area (Å²) in [6.07, 6.45) is 4.62. The van der Waals surface area contributed by atoms with Crippen molar-refractivity contribution in [3.63, 3.8) is 0 Å². The Kier molecular flexibility index (Phi) is 5.75. The highest BCUT2D eigenvalue weighted by Gasteiger charge is 2.48. The largest absolute Gasteiger partial charge is 0.361 e. The number of hydrazine groups is 1. The second kappa shape index (κ2) is 8.63. The van der Waals surface area contributed by atoms with E-state index in [0.29, 0.717) is 19.3 Å². The van der Waals surface area contributed by atoms with E-state index in [2.05, 4.69) is 15.7 Å². The molecule has 1 atom stereocenters. The smallest absolute Gasteiger partial charge is 0.344 e. The molecule has 0 aliphatic carbocycles. The van der Waals surface area contributed by atoms with Gasteiger partial charge in [0.05, 0.1) is 0 Å². The summed E-state index contributed by atoms with van der Waals surface area (Å²) >= 11 is 0. The Bertz CT molecular complexity index is 1110. The maximum atomic E-state index is 12.8. The highest BCUT2D eigenvalue weighted by molar-refractivity contribution is 6.07. The monoisotopic (exact) mass is 418 g/mol. The van der Waals surface area contributed by atoms with Gasteiger partial charge in [-0.05, 0) is 49.8 Å². The van der Waals surface area contributed by atoms with Crippen molar-refractivity contribution >= 4 is 28.7 Å². The second-order valence-electron chi connectivity index (χ2n) is 8.14. The Labute approximate surface area is 180 Å². The Morgan fingerprint density at radius 2 is 1.77 bits per heavy atom. The van der Waals surface area contributed by atoms with Gasteiger partial charge >= 0.3 is 6.03 Å². The third-order valence-corrected chi connectivity index (χ3v) is 5.78. The van der Waals surface area contributed by atoms with Crippen LogP contribution in [0.3, 0.4) is 0 Å². The highest BCUT2D eigenvalue weighted by atomic mass is 16.2. The van der Waals surface area contributed by atoms with Crippen molar-refractivity contribution in [3.8, 4) is 0 Å². The van der Waals surface area contributed by atoms with Gasteiger partial charge in [0.25, 0.3) is 5.91 Å². The molecule has 0 saturated carbocycles. The first-order valence-electron chi connectivity index (χ1n) is 10.5. The van der Waals surface area contributed by atoms with Crippen LogP contribution in [0.25, 0.3) is 10.9 Å². The summed E-state index contributed by atoms with van der Waals surface area (Å²) in [6.45, 7) is 1.69. The SMILES string of the molecule is CC1(CCc2ccccc2)NC(=O)N(NC(=O)CCCc2c[nH]c3ccccc23)C1=O. The fraction of sp³-hybridized carbons (Fsp3) is 0.292. The van der Waals surface area contributed by atoms with Crippen LogP contribution in [0.5, 0.6) is 0 Å². The number of H-pyrrole nitrogens is 1. The number of para-hydroxylation sites is 1. The van der Waals surface area contributed by atoms with Crippen LogP contribution >= 0.6 is 0 Å². The summed E-state index contributed by atoms with van der Waals surface area (Å²) in [5, 5.41) is 4.69. The van der Waals surface area contributed by atoms with E-state index in [-0.39, 0.29) is 12.3 Å². The molecule has 4 rings (SSSR count). The van der Waals surface area contributed by atoms with Gasteiger partial charge in [-0.1, -0.05) is 48.5 Å². The van der Waals surface area contributed by atoms with Gasteiger partial charge in [-0.25, -0.2) is 4.79 Å². The molecule has 2 heterocycles. The highest BCUT2D eigenvalue weighted by Crippen LogP contribution is 2.23. The molecule has 2 aromatic carbocycles. The van der Waals surface area contributed by atoms with Crippen LogP contribution in [-0.4, -0.2) is 33.4 Å². The number of rotatable bonds is 8. The summed E-state index contributed by atoms with van der Waals surface area (Å²) in [6, 6.07) is 17.2. The molecule has 1 unspecified atom stereocenters. The standard InChI is InChI=1S/C24H26N4O3/c1-24(15-14-17-8-3-2-4-9-17)22(30)28(23(31)26-24)27-21(29)13-7-10-18-16-25-20-12-6-5-11-19(18)20/h2-6,8-9,11-12,16,25H,7,10,13-15H2,1H3,(H,26,31)(H,27,29). The normalized spacial score (nSPS) is 18.4. The molecule has 1 fully saturated rings. The van der Waals surface area contributed by atoms with Gasteiger partial charge in [0.2, 0.25) is 5.91 Å². The van der Waals surface area contributed by atoms with Crippen molar-refractivity contribution in [2.45, 2.75) is 44.6 Å². The van der Waals surface area contributed by atoms with Crippen LogP contribution in [0.1, 0.15) is 37.3 Å². The van der Waals surface area contributed by atoms with Crippen LogP contribution in [0.15, 0.2) is 60.8 Å². The quantitative estimate of drug-likeness (QED) is 0.489. The van der Waals surface area contributed by atoms with Gasteiger partial charge in [0, 0.05) is 23.5 Å². The van der Waals surface area contributed by atoms with Crippen LogP contribution in [-0.2, 0) is 22.4 Å². The second-order valence-corrected chi connectivity index (χ2v) is 8.14. The first-order valence-corrected chi connectivity index (χ1v) is 10.5. The molecule has 0 spiro atoms. The molecule has 4 amide bonds. The van der Waals surface area contributed by atoms with E-state index in [1.807, 2.05) is 60.8 Å².